The normalized spacial score (nSPS) is 12.6. The monoisotopic (exact) mass is 664 g/mol. The van der Waals surface area contributed by atoms with Gasteiger partial charge in [-0.1, -0.05) is 164 Å². The summed E-state index contributed by atoms with van der Waals surface area (Å²) in [5, 5.41) is 5.44. The molecule has 2 heteroatoms. The molecule has 0 fully saturated rings. The van der Waals surface area contributed by atoms with Crippen LogP contribution in [0.1, 0.15) is 22.3 Å². The van der Waals surface area contributed by atoms with Crippen LogP contribution < -0.4 is 0 Å². The molecule has 0 amide bonds. The van der Waals surface area contributed by atoms with E-state index in [0.717, 1.165) is 63.2 Å². The molecule has 7 aromatic carbocycles. The fourth-order valence-corrected chi connectivity index (χ4v) is 7.62. The molecule has 0 bridgehead atoms. The molecular formula is C50H36N2. The fourth-order valence-electron chi connectivity index (χ4n) is 7.62. The quantitative estimate of drug-likeness (QED) is 0.119. The highest BCUT2D eigenvalue weighted by Gasteiger charge is 2.18. The van der Waals surface area contributed by atoms with Gasteiger partial charge in [-0.3, -0.25) is 0 Å². The Bertz CT molecular complexity index is 2610. The van der Waals surface area contributed by atoms with Crippen LogP contribution in [0.5, 0.6) is 0 Å². The molecule has 1 heterocycles. The van der Waals surface area contributed by atoms with Gasteiger partial charge in [0.2, 0.25) is 0 Å². The lowest BCUT2D eigenvalue weighted by molar-refractivity contribution is 0.965. The summed E-state index contributed by atoms with van der Waals surface area (Å²) in [5.74, 6) is 0.700. The molecular weight excluding hydrogens is 629 g/mol. The van der Waals surface area contributed by atoms with Gasteiger partial charge in [0.05, 0.1) is 11.4 Å². The van der Waals surface area contributed by atoms with E-state index < -0.39 is 0 Å². The molecule has 246 valence electrons. The van der Waals surface area contributed by atoms with Crippen LogP contribution in [0.4, 0.5) is 0 Å². The van der Waals surface area contributed by atoms with E-state index in [1.807, 2.05) is 30.3 Å². The zero-order chi connectivity index (χ0) is 34.9. The third-order valence-electron chi connectivity index (χ3n) is 10.1. The zero-order valence-electron chi connectivity index (χ0n) is 28.8. The predicted octanol–water partition coefficient (Wildman–Crippen LogP) is 12.8. The number of nitrogens with zero attached hydrogens (tertiary/aromatic N) is 2. The van der Waals surface area contributed by atoms with Crippen LogP contribution in [-0.4, -0.2) is 9.97 Å². The molecule has 0 radical (unpaired) electrons. The SMILES string of the molecule is C=C/C=C(\C=C\c1ccc2ccc3cccc4c3c2c1CC4)c1cc(-c2ccccc2)cc(-c2cc(-c3ccccc3)nc(-c3ccccc3)n2)c1. The minimum absolute atomic E-state index is 0.700. The number of aromatic nitrogens is 2. The van der Waals surface area contributed by atoms with Gasteiger partial charge in [0.1, 0.15) is 0 Å². The maximum atomic E-state index is 5.19. The molecule has 0 saturated heterocycles. The summed E-state index contributed by atoms with van der Waals surface area (Å²) >= 11 is 0. The second-order valence-corrected chi connectivity index (χ2v) is 13.4. The number of rotatable bonds is 8. The van der Waals surface area contributed by atoms with Crippen molar-refractivity contribution in [1.29, 1.82) is 0 Å². The number of hydrogen-bond acceptors (Lipinski definition) is 2. The third-order valence-corrected chi connectivity index (χ3v) is 10.1. The maximum Gasteiger partial charge on any atom is 0.160 e. The van der Waals surface area contributed by atoms with Crippen molar-refractivity contribution in [3.05, 3.63) is 205 Å². The van der Waals surface area contributed by atoms with E-state index in [2.05, 4.69) is 158 Å². The molecule has 8 aromatic rings. The van der Waals surface area contributed by atoms with Crippen LogP contribution in [0.15, 0.2) is 183 Å². The molecule has 1 aromatic heterocycles. The third kappa shape index (κ3) is 5.95. The van der Waals surface area contributed by atoms with E-state index in [-0.39, 0.29) is 0 Å². The number of aryl methyl sites for hydroxylation is 2. The Morgan fingerprint density at radius 2 is 1.15 bits per heavy atom. The molecule has 0 atom stereocenters. The number of allylic oxidation sites excluding steroid dienone is 4. The van der Waals surface area contributed by atoms with Gasteiger partial charge in [-0.2, -0.15) is 0 Å². The van der Waals surface area contributed by atoms with Crippen molar-refractivity contribution >= 4 is 33.2 Å². The van der Waals surface area contributed by atoms with Gasteiger partial charge in [-0.15, -0.1) is 0 Å². The Hall–Kier alpha value is -6.64. The van der Waals surface area contributed by atoms with Gasteiger partial charge < -0.3 is 0 Å². The fraction of sp³-hybridized carbons (Fsp3) is 0.0400. The Kier molecular flexibility index (Phi) is 8.19. The number of benzene rings is 7. The second kappa shape index (κ2) is 13.6. The Labute approximate surface area is 304 Å². The highest BCUT2D eigenvalue weighted by atomic mass is 14.9. The minimum Gasteiger partial charge on any atom is -0.228 e. The van der Waals surface area contributed by atoms with Crippen molar-refractivity contribution in [3.8, 4) is 45.0 Å². The van der Waals surface area contributed by atoms with Crippen LogP contribution in [0.3, 0.4) is 0 Å². The lowest BCUT2D eigenvalue weighted by Gasteiger charge is -2.20. The predicted molar refractivity (Wildman–Crippen MR) is 220 cm³/mol. The van der Waals surface area contributed by atoms with Gasteiger partial charge in [0.15, 0.2) is 5.82 Å². The van der Waals surface area contributed by atoms with Crippen molar-refractivity contribution in [3.63, 3.8) is 0 Å². The summed E-state index contributed by atoms with van der Waals surface area (Å²) in [5.41, 5.74) is 13.4. The first-order valence-corrected chi connectivity index (χ1v) is 17.9. The highest BCUT2D eigenvalue weighted by molar-refractivity contribution is 6.12. The first-order valence-electron chi connectivity index (χ1n) is 17.9. The van der Waals surface area contributed by atoms with Crippen LogP contribution in [0.2, 0.25) is 0 Å². The first kappa shape index (κ1) is 31.3. The molecule has 0 N–H and O–H groups in total. The Balaban J connectivity index is 1.20. The zero-order valence-corrected chi connectivity index (χ0v) is 28.8. The highest BCUT2D eigenvalue weighted by Crippen LogP contribution is 2.39. The van der Waals surface area contributed by atoms with E-state index in [9.17, 15) is 0 Å². The van der Waals surface area contributed by atoms with Gasteiger partial charge in [-0.05, 0) is 97.6 Å². The van der Waals surface area contributed by atoms with Gasteiger partial charge in [-0.25, -0.2) is 9.97 Å². The topological polar surface area (TPSA) is 25.8 Å². The largest absolute Gasteiger partial charge is 0.228 e. The van der Waals surface area contributed by atoms with Crippen LogP contribution in [0, 0.1) is 0 Å². The molecule has 0 saturated carbocycles. The molecule has 0 aliphatic heterocycles. The summed E-state index contributed by atoms with van der Waals surface area (Å²) in [6.07, 6.45) is 10.6. The summed E-state index contributed by atoms with van der Waals surface area (Å²) in [6, 6.07) is 55.8. The Morgan fingerprint density at radius 3 is 1.88 bits per heavy atom. The summed E-state index contributed by atoms with van der Waals surface area (Å²) in [6.45, 7) is 4.12. The van der Waals surface area contributed by atoms with E-state index in [1.54, 1.807) is 0 Å². The van der Waals surface area contributed by atoms with Crippen LogP contribution in [-0.2, 0) is 12.8 Å². The molecule has 9 rings (SSSR count). The van der Waals surface area contributed by atoms with Gasteiger partial charge in [0.25, 0.3) is 0 Å². The average molecular weight is 665 g/mol. The molecule has 1 aliphatic carbocycles. The second-order valence-electron chi connectivity index (χ2n) is 13.4. The molecule has 0 unspecified atom stereocenters. The van der Waals surface area contributed by atoms with Crippen LogP contribution >= 0.6 is 0 Å². The van der Waals surface area contributed by atoms with Crippen molar-refractivity contribution in [2.75, 3.05) is 0 Å². The van der Waals surface area contributed by atoms with E-state index in [4.69, 9.17) is 9.97 Å². The molecule has 52 heavy (non-hydrogen) atoms. The van der Waals surface area contributed by atoms with E-state index in [0.29, 0.717) is 5.82 Å². The van der Waals surface area contributed by atoms with Crippen molar-refractivity contribution in [1.82, 2.24) is 9.97 Å². The van der Waals surface area contributed by atoms with Gasteiger partial charge in [0, 0.05) is 16.7 Å². The smallest absolute Gasteiger partial charge is 0.160 e. The van der Waals surface area contributed by atoms with Crippen molar-refractivity contribution in [2.45, 2.75) is 12.8 Å². The lowest BCUT2D eigenvalue weighted by Crippen LogP contribution is -2.03. The van der Waals surface area contributed by atoms with E-state index in [1.165, 1.54) is 38.2 Å². The molecule has 2 nitrogen and oxygen atoms in total. The molecule has 1 aliphatic rings. The minimum atomic E-state index is 0.700. The summed E-state index contributed by atoms with van der Waals surface area (Å²) in [7, 11) is 0. The number of hydrogen-bond donors (Lipinski definition) is 0. The molecule has 0 spiro atoms. The van der Waals surface area contributed by atoms with Crippen LogP contribution in [0.25, 0.3) is 78.2 Å². The van der Waals surface area contributed by atoms with Gasteiger partial charge >= 0.3 is 0 Å². The first-order chi connectivity index (χ1) is 25.7. The average Bonchev–Trinajstić information content (AvgIpc) is 3.22. The summed E-state index contributed by atoms with van der Waals surface area (Å²) in [4.78, 5) is 10.2. The summed E-state index contributed by atoms with van der Waals surface area (Å²) < 4.78 is 0. The maximum absolute atomic E-state index is 5.19. The Morgan fingerprint density at radius 1 is 0.519 bits per heavy atom. The van der Waals surface area contributed by atoms with Crippen molar-refractivity contribution in [2.24, 2.45) is 0 Å². The van der Waals surface area contributed by atoms with E-state index >= 15 is 0 Å². The lowest BCUT2D eigenvalue weighted by atomic mass is 9.84. The standard InChI is InChI=1S/C50H36N2/c1-2-13-34(22-23-36-24-25-40-27-26-38-20-12-21-39-28-29-45(36)49(40)48(38)39)42-30-43(35-14-6-3-7-15-35)32-44(31-42)47-33-46(37-16-8-4-9-17-37)51-50(52-47)41-18-10-5-11-19-41/h2-27,30-33H,1,28-29H2/b23-22+,34-13+. The van der Waals surface area contributed by atoms with Crippen molar-refractivity contribution < 1.29 is 0 Å².